The lowest BCUT2D eigenvalue weighted by atomic mass is 9.76. The minimum absolute atomic E-state index is 0.0330. The number of fused-ring (bicyclic) bond motifs is 5. The topological polar surface area (TPSA) is 65.6 Å². The van der Waals surface area contributed by atoms with Gasteiger partial charge < -0.3 is 19.5 Å². The predicted octanol–water partition coefficient (Wildman–Crippen LogP) is 4.45. The number of carbonyl (C=O) groups excluding carboxylic acids is 2. The first-order chi connectivity index (χ1) is 17.5. The van der Waals surface area contributed by atoms with E-state index in [2.05, 4.69) is 29.2 Å². The molecule has 2 amide bonds. The number of H-pyrrole nitrogens is 1. The zero-order valence-corrected chi connectivity index (χ0v) is 20.5. The molecule has 6 nitrogen and oxygen atoms in total. The van der Waals surface area contributed by atoms with Gasteiger partial charge in [-0.05, 0) is 36.6 Å². The van der Waals surface area contributed by atoms with Crippen LogP contribution in [0.2, 0.25) is 0 Å². The van der Waals surface area contributed by atoms with Crippen molar-refractivity contribution in [2.45, 2.75) is 24.8 Å². The van der Waals surface area contributed by atoms with Gasteiger partial charge in [0.2, 0.25) is 5.91 Å². The lowest BCUT2D eigenvalue weighted by molar-refractivity contribution is -0.166. The largest absolute Gasteiger partial charge is 0.496 e. The fourth-order valence-electron chi connectivity index (χ4n) is 6.00. The summed E-state index contributed by atoms with van der Waals surface area (Å²) in [6.07, 6.45) is 0.708. The quantitative estimate of drug-likeness (QED) is 0.460. The number of aromatic nitrogens is 1. The van der Waals surface area contributed by atoms with Crippen molar-refractivity contribution in [1.29, 1.82) is 0 Å². The molecule has 36 heavy (non-hydrogen) atoms. The number of hydrogen-bond donors (Lipinski definition) is 1. The van der Waals surface area contributed by atoms with Crippen molar-refractivity contribution in [3.8, 4) is 5.75 Å². The number of para-hydroxylation sites is 2. The normalized spacial score (nSPS) is 21.4. The second kappa shape index (κ2) is 8.55. The van der Waals surface area contributed by atoms with E-state index >= 15 is 0 Å². The van der Waals surface area contributed by atoms with Gasteiger partial charge in [0.05, 0.1) is 19.3 Å². The van der Waals surface area contributed by atoms with Gasteiger partial charge in [0, 0.05) is 35.5 Å². The molecule has 2 aliphatic heterocycles. The summed E-state index contributed by atoms with van der Waals surface area (Å²) in [7, 11) is 1.67. The van der Waals surface area contributed by atoms with Crippen LogP contribution >= 0.6 is 0 Å². The minimum atomic E-state index is -1.10. The van der Waals surface area contributed by atoms with E-state index in [0.717, 1.165) is 39.0 Å². The SMILES string of the molecule is COc1ccccc1C1CN2C(=O)CN(CCc3ccccc3)C(=O)[C@]2(C)c2[nH]c3ccccc3c21. The second-order valence-corrected chi connectivity index (χ2v) is 9.79. The van der Waals surface area contributed by atoms with Crippen LogP contribution in [0.5, 0.6) is 5.75 Å². The van der Waals surface area contributed by atoms with Gasteiger partial charge >= 0.3 is 0 Å². The Morgan fingerprint density at radius 3 is 2.50 bits per heavy atom. The van der Waals surface area contributed by atoms with Gasteiger partial charge in [-0.3, -0.25) is 9.59 Å². The number of aromatic amines is 1. The van der Waals surface area contributed by atoms with Crippen molar-refractivity contribution < 1.29 is 14.3 Å². The number of amides is 2. The first-order valence-electron chi connectivity index (χ1n) is 12.4. The Hall–Kier alpha value is -4.06. The highest BCUT2D eigenvalue weighted by atomic mass is 16.5. The van der Waals surface area contributed by atoms with Crippen LogP contribution in [0, 0.1) is 0 Å². The first-order valence-corrected chi connectivity index (χ1v) is 12.4. The van der Waals surface area contributed by atoms with Gasteiger partial charge in [-0.15, -0.1) is 0 Å². The van der Waals surface area contributed by atoms with E-state index in [-0.39, 0.29) is 24.3 Å². The molecule has 0 aliphatic carbocycles. The van der Waals surface area contributed by atoms with E-state index in [1.165, 1.54) is 0 Å². The standard InChI is InChI=1S/C30H29N3O3/c1-30-28-27(22-13-6-8-14-24(22)31-28)23(21-12-7-9-15-25(21)36-2)18-33(30)26(34)19-32(29(30)35)17-16-20-10-4-3-5-11-20/h3-15,23,31H,16-19H2,1-2H3/t23?,30-/m0/s1. The molecular weight excluding hydrogens is 450 g/mol. The number of nitrogens with zero attached hydrogens (tertiary/aromatic N) is 2. The number of carbonyl (C=O) groups is 2. The Balaban J connectivity index is 1.47. The maximum Gasteiger partial charge on any atom is 0.254 e. The molecule has 2 atom stereocenters. The molecule has 0 bridgehead atoms. The van der Waals surface area contributed by atoms with Gasteiger partial charge in [-0.25, -0.2) is 0 Å². The highest BCUT2D eigenvalue weighted by Gasteiger charge is 2.56. The Bertz CT molecular complexity index is 1460. The summed E-state index contributed by atoms with van der Waals surface area (Å²) in [6.45, 7) is 2.91. The van der Waals surface area contributed by atoms with E-state index in [1.54, 1.807) is 16.9 Å². The molecule has 6 rings (SSSR count). The number of hydrogen-bond acceptors (Lipinski definition) is 3. The number of methoxy groups -OCH3 is 1. The highest BCUT2D eigenvalue weighted by molar-refractivity contribution is 6.01. The molecule has 2 aliphatic rings. The average Bonchev–Trinajstić information content (AvgIpc) is 3.31. The smallest absolute Gasteiger partial charge is 0.254 e. The Kier molecular flexibility index (Phi) is 5.32. The molecule has 0 radical (unpaired) electrons. The van der Waals surface area contributed by atoms with Crippen LogP contribution in [0.15, 0.2) is 78.9 Å². The second-order valence-electron chi connectivity index (χ2n) is 9.79. The molecule has 0 spiro atoms. The Morgan fingerprint density at radius 1 is 0.972 bits per heavy atom. The van der Waals surface area contributed by atoms with Crippen LogP contribution in [0.4, 0.5) is 0 Å². The third-order valence-electron chi connectivity index (χ3n) is 7.84. The summed E-state index contributed by atoms with van der Waals surface area (Å²) in [5, 5.41) is 1.07. The summed E-state index contributed by atoms with van der Waals surface area (Å²) in [4.78, 5) is 34.8. The molecular formula is C30H29N3O3. The van der Waals surface area contributed by atoms with Crippen molar-refractivity contribution in [2.24, 2.45) is 0 Å². The maximum absolute atomic E-state index is 14.1. The number of nitrogens with one attached hydrogen (secondary N) is 1. The number of benzene rings is 3. The van der Waals surface area contributed by atoms with Crippen molar-refractivity contribution in [3.63, 3.8) is 0 Å². The lowest BCUT2D eigenvalue weighted by Crippen LogP contribution is -2.67. The third-order valence-corrected chi connectivity index (χ3v) is 7.84. The molecule has 1 N–H and O–H groups in total. The van der Waals surface area contributed by atoms with Crippen LogP contribution in [-0.2, 0) is 21.5 Å². The lowest BCUT2D eigenvalue weighted by Gasteiger charge is -2.51. The van der Waals surface area contributed by atoms with Crippen LogP contribution in [-0.4, -0.2) is 53.3 Å². The molecule has 1 unspecified atom stereocenters. The fourth-order valence-corrected chi connectivity index (χ4v) is 6.00. The third kappa shape index (κ3) is 3.32. The van der Waals surface area contributed by atoms with Crippen LogP contribution in [0.1, 0.15) is 35.2 Å². The molecule has 182 valence electrons. The van der Waals surface area contributed by atoms with Crippen molar-refractivity contribution in [2.75, 3.05) is 26.7 Å². The molecule has 3 aromatic carbocycles. The highest BCUT2D eigenvalue weighted by Crippen LogP contribution is 2.49. The van der Waals surface area contributed by atoms with E-state index < -0.39 is 5.54 Å². The minimum Gasteiger partial charge on any atom is -0.496 e. The summed E-state index contributed by atoms with van der Waals surface area (Å²) < 4.78 is 5.71. The van der Waals surface area contributed by atoms with E-state index in [4.69, 9.17) is 4.74 Å². The molecule has 4 aromatic rings. The van der Waals surface area contributed by atoms with Gasteiger partial charge in [-0.1, -0.05) is 66.7 Å². The molecule has 1 fully saturated rings. The van der Waals surface area contributed by atoms with Gasteiger partial charge in [-0.2, -0.15) is 0 Å². The van der Waals surface area contributed by atoms with E-state index in [1.807, 2.05) is 61.5 Å². The monoisotopic (exact) mass is 479 g/mol. The predicted molar refractivity (Wildman–Crippen MR) is 139 cm³/mol. The summed E-state index contributed by atoms with van der Waals surface area (Å²) >= 11 is 0. The Labute approximate surface area is 210 Å². The van der Waals surface area contributed by atoms with Crippen molar-refractivity contribution >= 4 is 22.7 Å². The van der Waals surface area contributed by atoms with E-state index in [0.29, 0.717) is 19.5 Å². The first kappa shape index (κ1) is 22.4. The fraction of sp³-hybridized carbons (Fsp3) is 0.267. The summed E-state index contributed by atoms with van der Waals surface area (Å²) in [5.41, 5.74) is 3.90. The summed E-state index contributed by atoms with van der Waals surface area (Å²) in [5.74, 6) is 0.592. The number of rotatable bonds is 5. The average molecular weight is 480 g/mol. The molecule has 0 saturated carbocycles. The molecule has 1 saturated heterocycles. The maximum atomic E-state index is 14.1. The summed E-state index contributed by atoms with van der Waals surface area (Å²) in [6, 6.07) is 26.2. The number of piperazine rings is 1. The zero-order valence-electron chi connectivity index (χ0n) is 20.5. The van der Waals surface area contributed by atoms with E-state index in [9.17, 15) is 9.59 Å². The number of ether oxygens (including phenoxy) is 1. The molecule has 3 heterocycles. The van der Waals surface area contributed by atoms with Gasteiger partial charge in [0.25, 0.3) is 5.91 Å². The van der Waals surface area contributed by atoms with Gasteiger partial charge in [0.1, 0.15) is 5.75 Å². The molecule has 6 heteroatoms. The van der Waals surface area contributed by atoms with Crippen LogP contribution < -0.4 is 4.74 Å². The van der Waals surface area contributed by atoms with Crippen LogP contribution in [0.25, 0.3) is 10.9 Å². The van der Waals surface area contributed by atoms with Gasteiger partial charge in [0.15, 0.2) is 5.54 Å². The van der Waals surface area contributed by atoms with Crippen molar-refractivity contribution in [1.82, 2.24) is 14.8 Å². The van der Waals surface area contributed by atoms with Crippen molar-refractivity contribution in [3.05, 3.63) is 101 Å². The van der Waals surface area contributed by atoms with Crippen LogP contribution in [0.3, 0.4) is 0 Å². The Morgan fingerprint density at radius 2 is 1.69 bits per heavy atom. The zero-order chi connectivity index (χ0) is 24.9. The molecule has 1 aromatic heterocycles.